The van der Waals surface area contributed by atoms with Gasteiger partial charge in [-0.25, -0.2) is 0 Å². The third-order valence-electron chi connectivity index (χ3n) is 3.66. The summed E-state index contributed by atoms with van der Waals surface area (Å²) in [6, 6.07) is 8.88. The van der Waals surface area contributed by atoms with Crippen molar-refractivity contribution in [2.75, 3.05) is 19.7 Å². The quantitative estimate of drug-likeness (QED) is 0.554. The lowest BCUT2D eigenvalue weighted by molar-refractivity contribution is -0.130. The van der Waals surface area contributed by atoms with E-state index in [0.29, 0.717) is 30.3 Å². The Labute approximate surface area is 160 Å². The maximum absolute atomic E-state index is 12.4. The monoisotopic (exact) mass is 386 g/mol. The summed E-state index contributed by atoms with van der Waals surface area (Å²) in [7, 11) is 0. The van der Waals surface area contributed by atoms with Crippen LogP contribution in [0, 0.1) is 11.3 Å². The minimum Gasteiger partial charge on any atom is -0.493 e. The molecule has 1 N–H and O–H groups in total. The molecule has 3 rings (SSSR count). The van der Waals surface area contributed by atoms with Crippen molar-refractivity contribution in [3.05, 3.63) is 40.7 Å². The van der Waals surface area contributed by atoms with E-state index in [-0.39, 0.29) is 23.8 Å². The van der Waals surface area contributed by atoms with Gasteiger partial charge in [-0.15, -0.1) is 0 Å². The number of nitriles is 1. The van der Waals surface area contributed by atoms with Gasteiger partial charge in [0.1, 0.15) is 18.4 Å². The van der Waals surface area contributed by atoms with Gasteiger partial charge in [-0.1, -0.05) is 17.7 Å². The molecule has 0 bridgehead atoms. The molecule has 2 heterocycles. The number of carbonyl (C=O) groups is 2. The van der Waals surface area contributed by atoms with E-state index in [1.807, 2.05) is 6.07 Å². The van der Waals surface area contributed by atoms with Crippen LogP contribution >= 0.6 is 11.6 Å². The first-order chi connectivity index (χ1) is 13.1. The van der Waals surface area contributed by atoms with E-state index in [9.17, 15) is 9.59 Å². The number of rotatable bonds is 7. The van der Waals surface area contributed by atoms with Crippen LogP contribution in [0.4, 0.5) is 0 Å². The van der Waals surface area contributed by atoms with E-state index >= 15 is 0 Å². The Balaban J connectivity index is 1.42. The third-order valence-corrected chi connectivity index (χ3v) is 3.89. The van der Waals surface area contributed by atoms with Crippen LogP contribution in [0.3, 0.4) is 0 Å². The smallest absolute Gasteiger partial charge is 0.325 e. The number of ether oxygens (including phenoxy) is 1. The molecular weight excluding hydrogens is 372 g/mol. The van der Waals surface area contributed by atoms with Crippen LogP contribution in [-0.4, -0.2) is 49.1 Å². The minimum atomic E-state index is -0.501. The lowest BCUT2D eigenvalue weighted by Gasteiger charge is -2.18. The van der Waals surface area contributed by atoms with Crippen LogP contribution < -0.4 is 15.1 Å². The molecule has 0 saturated carbocycles. The number of hydrogen-bond donors (Lipinski definition) is 1. The first kappa shape index (κ1) is 18.6. The molecule has 0 unspecified atom stereocenters. The molecule has 0 aromatic heterocycles. The summed E-state index contributed by atoms with van der Waals surface area (Å²) in [6.07, 6.45) is 3.10. The first-order valence-electron chi connectivity index (χ1n) is 8.06. The van der Waals surface area contributed by atoms with E-state index in [0.717, 1.165) is 4.90 Å². The highest BCUT2D eigenvalue weighted by Crippen LogP contribution is 2.19. The molecule has 2 aliphatic rings. The molecule has 27 heavy (non-hydrogen) atoms. The van der Waals surface area contributed by atoms with Gasteiger partial charge in [0.25, 0.3) is 6.34 Å². The summed E-state index contributed by atoms with van der Waals surface area (Å²) in [4.78, 5) is 29.3. The molecule has 1 aromatic carbocycles. The molecule has 0 saturated heterocycles. The third kappa shape index (κ3) is 4.49. The van der Waals surface area contributed by atoms with E-state index in [1.165, 1.54) is 17.7 Å². The predicted octanol–water partition coefficient (Wildman–Crippen LogP) is 0.928. The number of aliphatic imine (C=N–C) groups is 1. The highest BCUT2D eigenvalue weighted by molar-refractivity contribution is 6.30. The van der Waals surface area contributed by atoms with Crippen LogP contribution in [0.25, 0.3) is 0 Å². The van der Waals surface area contributed by atoms with Crippen molar-refractivity contribution < 1.29 is 14.3 Å². The fraction of sp³-hybridized carbons (Fsp3) is 0.235. The predicted molar refractivity (Wildman–Crippen MR) is 98.0 cm³/mol. The largest absolute Gasteiger partial charge is 0.493 e. The number of hydrazone groups is 1. The summed E-state index contributed by atoms with van der Waals surface area (Å²) < 4.78 is 5.53. The number of fused-ring (bicyclic) bond motifs is 1. The lowest BCUT2D eigenvalue weighted by Crippen LogP contribution is -2.46. The summed E-state index contributed by atoms with van der Waals surface area (Å²) in [6.45, 7) is 0.600. The zero-order valence-corrected chi connectivity index (χ0v) is 14.9. The number of nitrogens with one attached hydrogen (secondary N) is 1. The summed E-state index contributed by atoms with van der Waals surface area (Å²) in [5, 5.41) is 17.5. The molecule has 2 amide bonds. The molecule has 1 radical (unpaired) electrons. The number of carbonyl (C=O) groups excluding carboxylic acids is 2. The molecule has 0 spiro atoms. The second kappa shape index (κ2) is 8.44. The summed E-state index contributed by atoms with van der Waals surface area (Å²) in [5.41, 5.74) is 0.0168. The number of nitrogens with zero attached hydrogens (tertiary/aromatic N) is 5. The van der Waals surface area contributed by atoms with Crippen molar-refractivity contribution in [3.8, 4) is 11.8 Å². The highest BCUT2D eigenvalue weighted by Gasteiger charge is 2.43. The fourth-order valence-corrected chi connectivity index (χ4v) is 2.57. The van der Waals surface area contributed by atoms with Crippen molar-refractivity contribution in [2.24, 2.45) is 10.1 Å². The second-order valence-corrected chi connectivity index (χ2v) is 6.01. The van der Waals surface area contributed by atoms with Gasteiger partial charge in [-0.05, 0) is 29.7 Å². The van der Waals surface area contributed by atoms with E-state index in [4.69, 9.17) is 21.6 Å². The van der Waals surface area contributed by atoms with Crippen LogP contribution in [0.1, 0.15) is 6.42 Å². The van der Waals surface area contributed by atoms with Gasteiger partial charge in [-0.3, -0.25) is 14.5 Å². The van der Waals surface area contributed by atoms with Gasteiger partial charge >= 0.3 is 11.6 Å². The molecule has 10 heteroatoms. The van der Waals surface area contributed by atoms with Crippen molar-refractivity contribution in [1.29, 1.82) is 5.26 Å². The highest BCUT2D eigenvalue weighted by atomic mass is 35.5. The second-order valence-electron chi connectivity index (χ2n) is 5.57. The Morgan fingerprint density at radius 1 is 1.44 bits per heavy atom. The van der Waals surface area contributed by atoms with Crippen LogP contribution in [-0.2, 0) is 9.59 Å². The van der Waals surface area contributed by atoms with Crippen LogP contribution in [0.2, 0.25) is 5.02 Å². The van der Waals surface area contributed by atoms with Crippen molar-refractivity contribution >= 4 is 36.1 Å². The average Bonchev–Trinajstić information content (AvgIpc) is 3.08. The van der Waals surface area contributed by atoms with E-state index in [1.54, 1.807) is 24.3 Å². The maximum Gasteiger partial charge on any atom is 0.325 e. The van der Waals surface area contributed by atoms with Gasteiger partial charge in [-0.2, -0.15) is 10.3 Å². The van der Waals surface area contributed by atoms with E-state index in [2.05, 4.69) is 15.4 Å². The molecule has 0 fully saturated rings. The first-order valence-corrected chi connectivity index (χ1v) is 8.44. The number of amides is 2. The molecule has 2 aliphatic heterocycles. The number of halogens is 1. The van der Waals surface area contributed by atoms with Gasteiger partial charge in [0.2, 0.25) is 11.6 Å². The molecular formula is C17H15ClN6O3+. The van der Waals surface area contributed by atoms with Crippen LogP contribution in [0.5, 0.6) is 5.75 Å². The lowest BCUT2D eigenvalue weighted by atomic mass is 10.3. The Morgan fingerprint density at radius 2 is 2.30 bits per heavy atom. The number of benzene rings is 1. The number of allylic oxidation sites excluding steroid dienone is 1. The SMILES string of the molecule is N#CC1=C2C(=O)N(CC(=O)NCCCOc3cccc(Cl)c3)C=N[N+]2C=N1. The standard InChI is InChI=1S/C17H15ClN6O3/c18-12-3-1-4-13(7-12)27-6-2-5-20-15(25)9-23-11-22-24-10-21-14(8-19)16(24)17(23)26/h1,3-4,7,10-11H,2,5-6,9H2,(H,20,25)/q+1. The Kier molecular flexibility index (Phi) is 5.80. The average molecular weight is 387 g/mol. The van der Waals surface area contributed by atoms with Gasteiger partial charge in [0.05, 0.1) is 11.6 Å². The number of hydrogen-bond acceptors (Lipinski definition) is 7. The van der Waals surface area contributed by atoms with E-state index < -0.39 is 5.91 Å². The van der Waals surface area contributed by atoms with Crippen molar-refractivity contribution in [2.45, 2.75) is 6.42 Å². The molecule has 0 aliphatic carbocycles. The minimum absolute atomic E-state index is 0.0274. The Hall–Kier alpha value is -3.22. The fourth-order valence-electron chi connectivity index (χ4n) is 2.38. The normalized spacial score (nSPS) is 15.7. The Morgan fingerprint density at radius 3 is 3.07 bits per heavy atom. The molecule has 9 nitrogen and oxygen atoms in total. The molecule has 0 atom stereocenters. The van der Waals surface area contributed by atoms with Gasteiger partial charge < -0.3 is 10.1 Å². The zero-order valence-electron chi connectivity index (χ0n) is 14.1. The topological polar surface area (TPSA) is 113 Å². The zero-order chi connectivity index (χ0) is 19.2. The molecule has 1 aromatic rings. The Bertz CT molecular complexity index is 889. The maximum atomic E-state index is 12.4. The van der Waals surface area contributed by atoms with Gasteiger partial charge in [0, 0.05) is 11.6 Å². The molecule has 137 valence electrons. The van der Waals surface area contributed by atoms with Crippen molar-refractivity contribution in [1.82, 2.24) is 15.2 Å². The van der Waals surface area contributed by atoms with Crippen LogP contribution in [0.15, 0.2) is 45.8 Å². The van der Waals surface area contributed by atoms with Gasteiger partial charge in [0.15, 0.2) is 6.34 Å². The summed E-state index contributed by atoms with van der Waals surface area (Å²) >= 11 is 5.87. The van der Waals surface area contributed by atoms with Crippen molar-refractivity contribution in [3.63, 3.8) is 0 Å². The summed E-state index contributed by atoms with van der Waals surface area (Å²) in [5.74, 6) is -0.184.